The first-order chi connectivity index (χ1) is 11.0. The lowest BCUT2D eigenvalue weighted by atomic mass is 10.1. The molecule has 1 fully saturated rings. The number of piperidine rings is 1. The lowest BCUT2D eigenvalue weighted by Gasteiger charge is -2.22. The van der Waals surface area contributed by atoms with E-state index in [1.165, 1.54) is 16.8 Å². The van der Waals surface area contributed by atoms with Gasteiger partial charge in [0.15, 0.2) is 5.69 Å². The van der Waals surface area contributed by atoms with Gasteiger partial charge in [0.1, 0.15) is 5.02 Å². The second-order valence-electron chi connectivity index (χ2n) is 5.63. The van der Waals surface area contributed by atoms with Gasteiger partial charge in [-0.3, -0.25) is 14.3 Å². The van der Waals surface area contributed by atoms with E-state index in [2.05, 4.69) is 15.7 Å². The molecule has 1 amide bonds. The number of pyridine rings is 1. The quantitative estimate of drug-likeness (QED) is 0.888. The maximum absolute atomic E-state index is 12.3. The number of hydrogen-bond acceptors (Lipinski definition) is 4. The van der Waals surface area contributed by atoms with Crippen LogP contribution in [0.3, 0.4) is 0 Å². The summed E-state index contributed by atoms with van der Waals surface area (Å²) in [5.74, 6) is -0.331. The minimum Gasteiger partial charge on any atom is -0.319 e. The first-order valence-corrected chi connectivity index (χ1v) is 7.86. The van der Waals surface area contributed by atoms with Crippen molar-refractivity contribution in [3.05, 3.63) is 45.6 Å². The van der Waals surface area contributed by atoms with Crippen molar-refractivity contribution in [1.29, 1.82) is 0 Å². The van der Waals surface area contributed by atoms with E-state index in [9.17, 15) is 9.59 Å². The van der Waals surface area contributed by atoms with Gasteiger partial charge in [0.25, 0.3) is 11.5 Å². The van der Waals surface area contributed by atoms with E-state index >= 15 is 0 Å². The van der Waals surface area contributed by atoms with Gasteiger partial charge in [0.05, 0.1) is 11.7 Å². The van der Waals surface area contributed by atoms with Gasteiger partial charge >= 0.3 is 0 Å². The van der Waals surface area contributed by atoms with E-state index < -0.39 is 0 Å². The number of nitrogens with one attached hydrogen (secondary N) is 2. The Hall–Kier alpha value is -2.12. The molecule has 1 atom stereocenters. The number of carbonyl (C=O) groups is 1. The van der Waals surface area contributed by atoms with Crippen molar-refractivity contribution in [1.82, 2.24) is 19.7 Å². The number of aryl methyl sites for hydroxylation is 1. The summed E-state index contributed by atoms with van der Waals surface area (Å²) < 4.78 is 3.15. The van der Waals surface area contributed by atoms with Crippen LogP contribution in [0, 0.1) is 0 Å². The fraction of sp³-hybridized carbons (Fsp3) is 0.400. The minimum atomic E-state index is -0.331. The van der Waals surface area contributed by atoms with Crippen LogP contribution in [-0.4, -0.2) is 33.3 Å². The van der Waals surface area contributed by atoms with Crippen LogP contribution in [0.1, 0.15) is 29.4 Å². The van der Waals surface area contributed by atoms with Crippen molar-refractivity contribution in [2.45, 2.75) is 18.9 Å². The van der Waals surface area contributed by atoms with E-state index in [-0.39, 0.29) is 22.5 Å². The Kier molecular flexibility index (Phi) is 4.49. The number of hydrogen-bond donors (Lipinski definition) is 2. The van der Waals surface area contributed by atoms with E-state index in [0.717, 1.165) is 25.9 Å². The van der Waals surface area contributed by atoms with Gasteiger partial charge in [-0.2, -0.15) is 5.10 Å². The third-order valence-electron chi connectivity index (χ3n) is 3.88. The van der Waals surface area contributed by atoms with Crippen molar-refractivity contribution in [2.75, 3.05) is 18.4 Å². The Bertz CT molecular complexity index is 750. The van der Waals surface area contributed by atoms with E-state index in [0.29, 0.717) is 11.4 Å². The predicted molar refractivity (Wildman–Crippen MR) is 88.0 cm³/mol. The van der Waals surface area contributed by atoms with Gasteiger partial charge in [0, 0.05) is 26.0 Å². The smallest absolute Gasteiger partial charge is 0.276 e. The Balaban J connectivity index is 1.73. The van der Waals surface area contributed by atoms with Crippen LogP contribution >= 0.6 is 11.6 Å². The van der Waals surface area contributed by atoms with E-state index in [1.54, 1.807) is 13.1 Å². The van der Waals surface area contributed by atoms with Gasteiger partial charge in [-0.1, -0.05) is 11.6 Å². The zero-order chi connectivity index (χ0) is 16.4. The molecular formula is C15H18ClN5O2. The molecule has 23 heavy (non-hydrogen) atoms. The summed E-state index contributed by atoms with van der Waals surface area (Å²) in [6, 6.07) is 3.40. The highest BCUT2D eigenvalue weighted by molar-refractivity contribution is 6.30. The Morgan fingerprint density at radius 1 is 1.52 bits per heavy atom. The first kappa shape index (κ1) is 15.8. The number of halogens is 1. The first-order valence-electron chi connectivity index (χ1n) is 7.48. The van der Waals surface area contributed by atoms with Crippen LogP contribution in [-0.2, 0) is 7.05 Å². The van der Waals surface area contributed by atoms with Crippen LogP contribution in [0.4, 0.5) is 5.69 Å². The maximum atomic E-state index is 12.3. The molecule has 3 heterocycles. The molecule has 0 radical (unpaired) electrons. The third-order valence-corrected chi connectivity index (χ3v) is 4.15. The Morgan fingerprint density at radius 2 is 2.35 bits per heavy atom. The summed E-state index contributed by atoms with van der Waals surface area (Å²) in [6.07, 6.45) is 5.49. The number of carbonyl (C=O) groups excluding carboxylic acids is 1. The normalized spacial score (nSPS) is 17.9. The van der Waals surface area contributed by atoms with Crippen molar-refractivity contribution in [2.24, 2.45) is 7.05 Å². The van der Waals surface area contributed by atoms with Gasteiger partial charge in [-0.15, -0.1) is 0 Å². The number of aromatic nitrogens is 3. The van der Waals surface area contributed by atoms with Gasteiger partial charge in [-0.25, -0.2) is 0 Å². The molecule has 0 aromatic carbocycles. The summed E-state index contributed by atoms with van der Waals surface area (Å²) in [4.78, 5) is 23.8. The minimum absolute atomic E-state index is 0.0594. The zero-order valence-electron chi connectivity index (χ0n) is 12.8. The van der Waals surface area contributed by atoms with Crippen LogP contribution in [0.2, 0.25) is 5.02 Å². The van der Waals surface area contributed by atoms with Crippen molar-refractivity contribution in [3.8, 4) is 0 Å². The van der Waals surface area contributed by atoms with Gasteiger partial charge in [-0.05, 0) is 31.5 Å². The maximum Gasteiger partial charge on any atom is 0.276 e. The van der Waals surface area contributed by atoms with Crippen molar-refractivity contribution >= 4 is 23.2 Å². The average molecular weight is 336 g/mol. The van der Waals surface area contributed by atoms with Crippen LogP contribution in [0.5, 0.6) is 0 Å². The summed E-state index contributed by atoms with van der Waals surface area (Å²) in [5.41, 5.74) is 0.482. The molecule has 0 spiro atoms. The molecule has 1 aliphatic heterocycles. The highest BCUT2D eigenvalue weighted by Gasteiger charge is 2.18. The molecule has 2 N–H and O–H groups in total. The zero-order valence-corrected chi connectivity index (χ0v) is 13.5. The van der Waals surface area contributed by atoms with Gasteiger partial charge in [0.2, 0.25) is 0 Å². The molecule has 3 rings (SSSR count). The molecule has 1 aliphatic rings. The lowest BCUT2D eigenvalue weighted by Crippen LogP contribution is -2.32. The SMILES string of the molecule is Cn1cc(NC(=O)c2ccn(C3CCCNC3)n2)cc(Cl)c1=O. The predicted octanol–water partition coefficient (Wildman–Crippen LogP) is 1.41. The molecule has 8 heteroatoms. The molecule has 122 valence electrons. The van der Waals surface area contributed by atoms with Gasteiger partial charge < -0.3 is 15.2 Å². The third kappa shape index (κ3) is 3.46. The van der Waals surface area contributed by atoms with E-state index in [1.807, 2.05) is 10.9 Å². The molecule has 2 aromatic rings. The Morgan fingerprint density at radius 3 is 3.04 bits per heavy atom. The summed E-state index contributed by atoms with van der Waals surface area (Å²) >= 11 is 5.84. The Labute approximate surface area is 138 Å². The summed E-state index contributed by atoms with van der Waals surface area (Å²) in [7, 11) is 1.58. The number of rotatable bonds is 3. The largest absolute Gasteiger partial charge is 0.319 e. The fourth-order valence-corrected chi connectivity index (χ4v) is 2.91. The fourth-order valence-electron chi connectivity index (χ4n) is 2.66. The molecule has 0 saturated carbocycles. The van der Waals surface area contributed by atoms with E-state index in [4.69, 9.17) is 11.6 Å². The highest BCUT2D eigenvalue weighted by Crippen LogP contribution is 2.16. The average Bonchev–Trinajstić information content (AvgIpc) is 3.03. The molecule has 0 bridgehead atoms. The van der Waals surface area contributed by atoms with Crippen molar-refractivity contribution in [3.63, 3.8) is 0 Å². The topological polar surface area (TPSA) is 81.0 Å². The number of amides is 1. The highest BCUT2D eigenvalue weighted by atomic mass is 35.5. The second kappa shape index (κ2) is 6.55. The summed E-state index contributed by atoms with van der Waals surface area (Å²) in [6.45, 7) is 1.89. The lowest BCUT2D eigenvalue weighted by molar-refractivity contribution is 0.102. The molecule has 1 unspecified atom stereocenters. The van der Waals surface area contributed by atoms with Crippen LogP contribution in [0.25, 0.3) is 0 Å². The number of nitrogens with zero attached hydrogens (tertiary/aromatic N) is 3. The second-order valence-corrected chi connectivity index (χ2v) is 6.04. The van der Waals surface area contributed by atoms with Crippen molar-refractivity contribution < 1.29 is 4.79 Å². The molecule has 7 nitrogen and oxygen atoms in total. The van der Waals surface area contributed by atoms with Crippen LogP contribution < -0.4 is 16.2 Å². The molecule has 2 aromatic heterocycles. The monoisotopic (exact) mass is 335 g/mol. The molecular weight excluding hydrogens is 318 g/mol. The molecule has 1 saturated heterocycles. The summed E-state index contributed by atoms with van der Waals surface area (Å²) in [5, 5.41) is 10.4. The van der Waals surface area contributed by atoms with Crippen LogP contribution in [0.15, 0.2) is 29.3 Å². The molecule has 0 aliphatic carbocycles. The standard InChI is InChI=1S/C15H18ClN5O2/c1-20-9-10(7-12(16)15(20)23)18-14(22)13-4-6-21(19-13)11-3-2-5-17-8-11/h4,6-7,9,11,17H,2-3,5,8H2,1H3,(H,18,22). The number of anilines is 1.